The summed E-state index contributed by atoms with van der Waals surface area (Å²) in [6, 6.07) is 0. The summed E-state index contributed by atoms with van der Waals surface area (Å²) in [4.78, 5) is 12.1. The van der Waals surface area contributed by atoms with Crippen LogP contribution in [0.5, 0.6) is 0 Å². The van der Waals surface area contributed by atoms with Gasteiger partial charge < -0.3 is 15.4 Å². The number of halogens is 2. The number of morpholine rings is 1. The Bertz CT molecular complexity index is 393. The maximum Gasteiger partial charge on any atom is 0.266 e. The van der Waals surface area contributed by atoms with Gasteiger partial charge in [-0.05, 0) is 11.5 Å². The molecule has 1 saturated heterocycles. The van der Waals surface area contributed by atoms with E-state index in [1.54, 1.807) is 0 Å². The van der Waals surface area contributed by atoms with E-state index in [1.165, 1.54) is 0 Å². The largest absolute Gasteiger partial charge is 0.356 e. The number of carbonyl (C=O) groups is 1. The summed E-state index contributed by atoms with van der Waals surface area (Å²) < 4.78 is 9.12. The van der Waals surface area contributed by atoms with Crippen LogP contribution in [0.1, 0.15) is 9.67 Å². The number of amides is 1. The Morgan fingerprint density at radius 2 is 2.44 bits per heavy atom. The SMILES string of the molecule is O=C(NC1CNCCO1)c1snc(Cl)c1Cl. The number of hydrogen-bond acceptors (Lipinski definition) is 5. The molecular formula is C8H9Cl2N3O2S. The summed E-state index contributed by atoms with van der Waals surface area (Å²) in [7, 11) is 0. The molecule has 0 spiro atoms. The Hall–Kier alpha value is -0.400. The van der Waals surface area contributed by atoms with Crippen LogP contribution >= 0.6 is 34.7 Å². The third-order valence-corrected chi connectivity index (χ3v) is 3.82. The van der Waals surface area contributed by atoms with Gasteiger partial charge in [0.15, 0.2) is 5.15 Å². The summed E-state index contributed by atoms with van der Waals surface area (Å²) in [5.41, 5.74) is 0. The highest BCUT2D eigenvalue weighted by atomic mass is 35.5. The first-order valence-electron chi connectivity index (χ1n) is 4.62. The van der Waals surface area contributed by atoms with Crippen molar-refractivity contribution in [3.8, 4) is 0 Å². The molecule has 1 aliphatic rings. The second kappa shape index (κ2) is 5.29. The molecule has 1 fully saturated rings. The van der Waals surface area contributed by atoms with Gasteiger partial charge in [0.25, 0.3) is 5.91 Å². The van der Waals surface area contributed by atoms with Crippen LogP contribution in [0.4, 0.5) is 0 Å². The zero-order valence-corrected chi connectivity index (χ0v) is 10.5. The zero-order valence-electron chi connectivity index (χ0n) is 8.13. The average molecular weight is 282 g/mol. The Morgan fingerprint density at radius 3 is 3.00 bits per heavy atom. The van der Waals surface area contributed by atoms with Crippen LogP contribution in [0, 0.1) is 0 Å². The molecule has 2 heterocycles. The molecule has 16 heavy (non-hydrogen) atoms. The fourth-order valence-electron chi connectivity index (χ4n) is 1.27. The minimum Gasteiger partial charge on any atom is -0.356 e. The Kier molecular flexibility index (Phi) is 3.99. The van der Waals surface area contributed by atoms with E-state index in [4.69, 9.17) is 27.9 Å². The Morgan fingerprint density at radius 1 is 1.62 bits per heavy atom. The van der Waals surface area contributed by atoms with E-state index in [-0.39, 0.29) is 22.3 Å². The van der Waals surface area contributed by atoms with Crippen LogP contribution < -0.4 is 10.6 Å². The molecule has 88 valence electrons. The smallest absolute Gasteiger partial charge is 0.266 e. The second-order valence-corrected chi connectivity index (χ2v) is 4.66. The van der Waals surface area contributed by atoms with Gasteiger partial charge in [-0.3, -0.25) is 4.79 Å². The molecule has 0 aliphatic carbocycles. The molecule has 1 unspecified atom stereocenters. The number of ether oxygens (including phenoxy) is 1. The van der Waals surface area contributed by atoms with Gasteiger partial charge in [0.2, 0.25) is 0 Å². The number of nitrogens with zero attached hydrogens (tertiary/aromatic N) is 1. The summed E-state index contributed by atoms with van der Waals surface area (Å²) in [6.07, 6.45) is -0.335. The first kappa shape index (κ1) is 12.1. The van der Waals surface area contributed by atoms with E-state index in [1.807, 2.05) is 0 Å². The number of nitrogens with one attached hydrogen (secondary N) is 2. The number of carbonyl (C=O) groups excluding carboxylic acids is 1. The molecule has 1 aromatic heterocycles. The molecule has 2 rings (SSSR count). The summed E-state index contributed by atoms with van der Waals surface area (Å²) in [6.45, 7) is 1.94. The molecule has 0 saturated carbocycles. The van der Waals surface area contributed by atoms with Crippen molar-refractivity contribution >= 4 is 40.6 Å². The maximum atomic E-state index is 11.8. The molecule has 0 radical (unpaired) electrons. The maximum absolute atomic E-state index is 11.8. The summed E-state index contributed by atoms with van der Waals surface area (Å²) in [5, 5.41) is 6.13. The van der Waals surface area contributed by atoms with Crippen molar-refractivity contribution in [1.29, 1.82) is 0 Å². The fraction of sp³-hybridized carbons (Fsp3) is 0.500. The molecule has 1 aromatic rings. The minimum absolute atomic E-state index is 0.152. The van der Waals surface area contributed by atoms with E-state index in [9.17, 15) is 4.79 Å². The lowest BCUT2D eigenvalue weighted by Gasteiger charge is -2.24. The van der Waals surface area contributed by atoms with Crippen molar-refractivity contribution in [2.24, 2.45) is 0 Å². The van der Waals surface area contributed by atoms with Gasteiger partial charge in [0, 0.05) is 13.1 Å². The van der Waals surface area contributed by atoms with Crippen molar-refractivity contribution in [1.82, 2.24) is 15.0 Å². The highest BCUT2D eigenvalue weighted by Gasteiger charge is 2.21. The van der Waals surface area contributed by atoms with Crippen molar-refractivity contribution in [3.05, 3.63) is 15.1 Å². The quantitative estimate of drug-likeness (QED) is 0.853. The molecule has 1 amide bonds. The van der Waals surface area contributed by atoms with Crippen molar-refractivity contribution < 1.29 is 9.53 Å². The van der Waals surface area contributed by atoms with E-state index < -0.39 is 0 Å². The normalized spacial score (nSPS) is 20.8. The predicted octanol–water partition coefficient (Wildman–Crippen LogP) is 1.13. The number of rotatable bonds is 2. The second-order valence-electron chi connectivity index (χ2n) is 3.15. The monoisotopic (exact) mass is 281 g/mol. The molecule has 8 heteroatoms. The van der Waals surface area contributed by atoms with Crippen LogP contribution in [0.25, 0.3) is 0 Å². The van der Waals surface area contributed by atoms with E-state index in [0.717, 1.165) is 18.1 Å². The van der Waals surface area contributed by atoms with Crippen molar-refractivity contribution in [2.45, 2.75) is 6.23 Å². The molecule has 1 atom stereocenters. The summed E-state index contributed by atoms with van der Waals surface area (Å²) >= 11 is 12.5. The minimum atomic E-state index is -0.335. The van der Waals surface area contributed by atoms with Gasteiger partial charge in [-0.25, -0.2) is 0 Å². The van der Waals surface area contributed by atoms with Crippen molar-refractivity contribution in [3.63, 3.8) is 0 Å². The number of hydrogen-bond donors (Lipinski definition) is 2. The number of aromatic nitrogens is 1. The average Bonchev–Trinajstić information content (AvgIpc) is 2.61. The van der Waals surface area contributed by atoms with E-state index in [0.29, 0.717) is 18.0 Å². The van der Waals surface area contributed by atoms with E-state index in [2.05, 4.69) is 15.0 Å². The lowest BCUT2D eigenvalue weighted by atomic mass is 10.4. The van der Waals surface area contributed by atoms with Crippen LogP contribution in [0.15, 0.2) is 0 Å². The standard InChI is InChI=1S/C8H9Cl2N3O2S/c9-5-6(16-13-7(5)10)8(14)12-4-3-11-1-2-15-4/h4,11H,1-3H2,(H,12,14). The van der Waals surface area contributed by atoms with Crippen LogP contribution in [-0.4, -0.2) is 36.2 Å². The first-order chi connectivity index (χ1) is 7.68. The van der Waals surface area contributed by atoms with Gasteiger partial charge in [0.05, 0.1) is 6.61 Å². The van der Waals surface area contributed by atoms with Gasteiger partial charge in [-0.15, -0.1) is 0 Å². The van der Waals surface area contributed by atoms with Gasteiger partial charge in [0.1, 0.15) is 16.1 Å². The highest BCUT2D eigenvalue weighted by molar-refractivity contribution is 7.09. The highest BCUT2D eigenvalue weighted by Crippen LogP contribution is 2.28. The van der Waals surface area contributed by atoms with Crippen LogP contribution in [0.3, 0.4) is 0 Å². The van der Waals surface area contributed by atoms with Gasteiger partial charge in [-0.2, -0.15) is 4.37 Å². The molecular weight excluding hydrogens is 273 g/mol. The Labute approximate surface area is 106 Å². The molecule has 2 N–H and O–H groups in total. The third-order valence-electron chi connectivity index (χ3n) is 2.02. The van der Waals surface area contributed by atoms with Crippen LogP contribution in [-0.2, 0) is 4.74 Å². The zero-order chi connectivity index (χ0) is 11.5. The van der Waals surface area contributed by atoms with Gasteiger partial charge >= 0.3 is 0 Å². The van der Waals surface area contributed by atoms with Gasteiger partial charge in [-0.1, -0.05) is 23.2 Å². The molecule has 1 aliphatic heterocycles. The fourth-order valence-corrected chi connectivity index (χ4v) is 2.39. The van der Waals surface area contributed by atoms with E-state index >= 15 is 0 Å². The lowest BCUT2D eigenvalue weighted by molar-refractivity contribution is 0.00847. The summed E-state index contributed by atoms with van der Waals surface area (Å²) in [5.74, 6) is -0.317. The third kappa shape index (κ3) is 2.64. The molecule has 5 nitrogen and oxygen atoms in total. The molecule has 0 bridgehead atoms. The predicted molar refractivity (Wildman–Crippen MR) is 62.2 cm³/mol. The molecule has 0 aromatic carbocycles. The first-order valence-corrected chi connectivity index (χ1v) is 6.15. The topological polar surface area (TPSA) is 63.2 Å². The van der Waals surface area contributed by atoms with Crippen LogP contribution in [0.2, 0.25) is 10.2 Å². The van der Waals surface area contributed by atoms with Crippen molar-refractivity contribution in [2.75, 3.05) is 19.7 Å². The lowest BCUT2D eigenvalue weighted by Crippen LogP contribution is -2.48. The Balaban J connectivity index is 1.99.